The van der Waals surface area contributed by atoms with Crippen molar-refractivity contribution in [2.75, 3.05) is 28.3 Å². The maximum absolute atomic E-state index is 11.8. The third kappa shape index (κ3) is 5.43. The monoisotopic (exact) mass is 452 g/mol. The van der Waals surface area contributed by atoms with Gasteiger partial charge in [0.2, 0.25) is 5.89 Å². The van der Waals surface area contributed by atoms with Crippen LogP contribution in [-0.2, 0) is 0 Å². The lowest BCUT2D eigenvalue weighted by Crippen LogP contribution is -2.11. The van der Waals surface area contributed by atoms with E-state index in [1.54, 1.807) is 60.7 Å². The molecule has 0 aliphatic carbocycles. The van der Waals surface area contributed by atoms with Crippen LogP contribution in [0.2, 0.25) is 0 Å². The molecule has 8 heteroatoms. The van der Waals surface area contributed by atoms with Crippen molar-refractivity contribution in [3.8, 4) is 11.5 Å². The van der Waals surface area contributed by atoms with Gasteiger partial charge in [-0.25, -0.2) is 4.98 Å². The van der Waals surface area contributed by atoms with Gasteiger partial charge in [0.15, 0.2) is 5.58 Å². The summed E-state index contributed by atoms with van der Waals surface area (Å²) >= 11 is 0. The summed E-state index contributed by atoms with van der Waals surface area (Å²) in [5.41, 5.74) is 28.8. The highest BCUT2D eigenvalue weighted by Crippen LogP contribution is 2.26. The van der Waals surface area contributed by atoms with Gasteiger partial charge in [0.25, 0.3) is 5.91 Å². The molecule has 0 aliphatic rings. The number of hydrogen-bond acceptors (Lipinski definition) is 7. The van der Waals surface area contributed by atoms with E-state index in [1.165, 1.54) is 0 Å². The van der Waals surface area contributed by atoms with Crippen molar-refractivity contribution in [2.24, 2.45) is 0 Å². The number of anilines is 5. The molecule has 170 valence electrons. The van der Waals surface area contributed by atoms with Gasteiger partial charge in [0.05, 0.1) is 0 Å². The third-order valence-electron chi connectivity index (χ3n) is 4.91. The van der Waals surface area contributed by atoms with Crippen LogP contribution in [0.4, 0.5) is 28.4 Å². The average molecular weight is 453 g/mol. The molecule has 8 nitrogen and oxygen atoms in total. The largest absolute Gasteiger partial charge is 0.436 e. The molecule has 0 saturated heterocycles. The molecule has 0 radical (unpaired) electrons. The Bertz CT molecular complexity index is 1410. The van der Waals surface area contributed by atoms with Crippen molar-refractivity contribution in [1.82, 2.24) is 4.98 Å². The maximum Gasteiger partial charge on any atom is 0.255 e. The lowest BCUT2D eigenvalue weighted by atomic mass is 10.2. The summed E-state index contributed by atoms with van der Waals surface area (Å²) in [5.74, 6) is 0.403. The van der Waals surface area contributed by atoms with E-state index in [1.807, 2.05) is 30.3 Å². The molecule has 1 aromatic heterocycles. The van der Waals surface area contributed by atoms with Crippen LogP contribution in [0, 0.1) is 0 Å². The number of amides is 1. The third-order valence-corrected chi connectivity index (χ3v) is 4.91. The first-order valence-corrected chi connectivity index (χ1v) is 10.4. The zero-order valence-electron chi connectivity index (χ0n) is 18.2. The number of benzene rings is 4. The summed E-state index contributed by atoms with van der Waals surface area (Å²) in [6.45, 7) is 0. The van der Waals surface area contributed by atoms with Crippen molar-refractivity contribution in [2.45, 2.75) is 0 Å². The van der Waals surface area contributed by atoms with E-state index in [9.17, 15) is 4.79 Å². The molecule has 0 bridgehead atoms. The molecule has 0 fully saturated rings. The normalized spacial score (nSPS) is 10.4. The summed E-state index contributed by atoms with van der Waals surface area (Å²) < 4.78 is 5.64. The summed E-state index contributed by atoms with van der Waals surface area (Å²) in [6, 6.07) is 26.5. The van der Waals surface area contributed by atoms with Crippen molar-refractivity contribution >= 4 is 45.4 Å². The number of aromatic nitrogens is 1. The molecular weight excluding hydrogens is 428 g/mol. The SMILES string of the molecule is Nc1ccc(-c2nc3ccc(N)cc3o2)cc1.Nc1ccc(NC(=O)c2ccc(N)cc2)cc1. The van der Waals surface area contributed by atoms with Crippen LogP contribution in [-0.4, -0.2) is 10.9 Å². The van der Waals surface area contributed by atoms with Crippen LogP contribution in [0.25, 0.3) is 22.6 Å². The number of carbonyl (C=O) groups is 1. The highest BCUT2D eigenvalue weighted by Gasteiger charge is 2.08. The Morgan fingerprint density at radius 1 is 0.676 bits per heavy atom. The zero-order chi connectivity index (χ0) is 24.1. The Labute approximate surface area is 196 Å². The number of nitrogens with zero attached hydrogens (tertiary/aromatic N) is 1. The molecule has 0 saturated carbocycles. The van der Waals surface area contributed by atoms with Crippen LogP contribution in [0.5, 0.6) is 0 Å². The summed E-state index contributed by atoms with van der Waals surface area (Å²) in [5, 5.41) is 2.77. The van der Waals surface area contributed by atoms with Gasteiger partial charge in [-0.3, -0.25) is 4.79 Å². The van der Waals surface area contributed by atoms with E-state index in [0.717, 1.165) is 11.1 Å². The second kappa shape index (κ2) is 9.66. The lowest BCUT2D eigenvalue weighted by molar-refractivity contribution is 0.102. The van der Waals surface area contributed by atoms with Crippen LogP contribution >= 0.6 is 0 Å². The topological polar surface area (TPSA) is 159 Å². The van der Waals surface area contributed by atoms with Crippen molar-refractivity contribution in [3.63, 3.8) is 0 Å². The molecule has 5 aromatic rings. The number of nitrogens with two attached hydrogens (primary N) is 4. The molecular formula is C26H24N6O2. The van der Waals surface area contributed by atoms with Crippen LogP contribution in [0.3, 0.4) is 0 Å². The smallest absolute Gasteiger partial charge is 0.255 e. The number of oxazole rings is 1. The van der Waals surface area contributed by atoms with Crippen molar-refractivity contribution < 1.29 is 9.21 Å². The van der Waals surface area contributed by atoms with E-state index in [4.69, 9.17) is 27.4 Å². The van der Waals surface area contributed by atoms with Crippen molar-refractivity contribution in [1.29, 1.82) is 0 Å². The number of fused-ring (bicyclic) bond motifs is 1. The Balaban J connectivity index is 0.000000161. The number of rotatable bonds is 3. The van der Waals surface area contributed by atoms with Gasteiger partial charge in [-0.2, -0.15) is 0 Å². The predicted octanol–water partition coefficient (Wildman–Crippen LogP) is 4.76. The van der Waals surface area contributed by atoms with Gasteiger partial charge >= 0.3 is 0 Å². The van der Waals surface area contributed by atoms with E-state index in [2.05, 4.69) is 10.3 Å². The van der Waals surface area contributed by atoms with Gasteiger partial charge in [-0.15, -0.1) is 0 Å². The van der Waals surface area contributed by atoms with E-state index >= 15 is 0 Å². The molecule has 0 aliphatic heterocycles. The van der Waals surface area contributed by atoms with Gasteiger partial charge in [-0.05, 0) is 84.9 Å². The fraction of sp³-hybridized carbons (Fsp3) is 0. The molecule has 4 aromatic carbocycles. The second-order valence-corrected chi connectivity index (χ2v) is 7.57. The Hall–Kier alpha value is -4.98. The molecule has 0 spiro atoms. The first-order chi connectivity index (χ1) is 16.4. The summed E-state index contributed by atoms with van der Waals surface area (Å²) in [4.78, 5) is 16.2. The fourth-order valence-electron chi connectivity index (χ4n) is 3.09. The first kappa shape index (κ1) is 22.2. The minimum Gasteiger partial charge on any atom is -0.436 e. The van der Waals surface area contributed by atoms with Crippen LogP contribution in [0.15, 0.2) is 95.4 Å². The van der Waals surface area contributed by atoms with E-state index in [-0.39, 0.29) is 5.91 Å². The highest BCUT2D eigenvalue weighted by atomic mass is 16.3. The minimum atomic E-state index is -0.172. The highest BCUT2D eigenvalue weighted by molar-refractivity contribution is 6.04. The minimum absolute atomic E-state index is 0.172. The number of nitrogen functional groups attached to an aromatic ring is 4. The number of nitrogens with one attached hydrogen (secondary N) is 1. The van der Waals surface area contributed by atoms with E-state index < -0.39 is 0 Å². The molecule has 9 N–H and O–H groups in total. The molecule has 34 heavy (non-hydrogen) atoms. The van der Waals surface area contributed by atoms with Crippen molar-refractivity contribution in [3.05, 3.63) is 96.6 Å². The lowest BCUT2D eigenvalue weighted by Gasteiger charge is -2.05. The molecule has 5 rings (SSSR count). The fourth-order valence-corrected chi connectivity index (χ4v) is 3.09. The Morgan fingerprint density at radius 2 is 1.21 bits per heavy atom. The molecule has 1 amide bonds. The summed E-state index contributed by atoms with van der Waals surface area (Å²) in [7, 11) is 0. The van der Waals surface area contributed by atoms with Gasteiger partial charge < -0.3 is 32.7 Å². The Kier molecular flexibility index (Phi) is 6.31. The number of hydrogen-bond donors (Lipinski definition) is 5. The van der Waals surface area contributed by atoms with Crippen LogP contribution in [0.1, 0.15) is 10.4 Å². The first-order valence-electron chi connectivity index (χ1n) is 10.4. The van der Waals surface area contributed by atoms with Gasteiger partial charge in [-0.1, -0.05) is 0 Å². The standard InChI is InChI=1S/C13H11N3O.C13H13N3O/c14-9-3-1-8(2-4-9)13-16-11-6-5-10(15)7-12(11)17-13;14-10-3-1-9(2-4-10)13(17)16-12-7-5-11(15)6-8-12/h1-7H,14-15H2;1-8H,14-15H2,(H,16,17). The average Bonchev–Trinajstić information content (AvgIpc) is 3.25. The zero-order valence-corrected chi connectivity index (χ0v) is 18.2. The molecule has 1 heterocycles. The van der Waals surface area contributed by atoms with Gasteiger partial charge in [0, 0.05) is 45.6 Å². The van der Waals surface area contributed by atoms with Crippen LogP contribution < -0.4 is 28.3 Å². The summed E-state index contributed by atoms with van der Waals surface area (Å²) in [6.07, 6.45) is 0. The maximum atomic E-state index is 11.8. The van der Waals surface area contributed by atoms with Gasteiger partial charge in [0.1, 0.15) is 5.52 Å². The predicted molar refractivity (Wildman–Crippen MR) is 138 cm³/mol. The Morgan fingerprint density at radius 3 is 1.82 bits per heavy atom. The second-order valence-electron chi connectivity index (χ2n) is 7.57. The number of carbonyl (C=O) groups excluding carboxylic acids is 1. The quantitative estimate of drug-likeness (QED) is 0.247. The molecule has 0 atom stereocenters. The van der Waals surface area contributed by atoms with E-state index in [0.29, 0.717) is 45.5 Å². The molecule has 0 unspecified atom stereocenters.